The van der Waals surface area contributed by atoms with Gasteiger partial charge in [-0.05, 0) is 37.4 Å². The summed E-state index contributed by atoms with van der Waals surface area (Å²) < 4.78 is 5.68. The van der Waals surface area contributed by atoms with E-state index in [1.165, 1.54) is 23.8 Å². The number of hydrogen-bond acceptors (Lipinski definition) is 3. The maximum absolute atomic E-state index is 6.07. The first-order valence-corrected chi connectivity index (χ1v) is 7.51. The molecule has 1 aliphatic heterocycles. The topological polar surface area (TPSA) is 42.4 Å². The van der Waals surface area contributed by atoms with Gasteiger partial charge in [0.05, 0.1) is 12.3 Å². The Kier molecular flexibility index (Phi) is 3.57. The van der Waals surface area contributed by atoms with E-state index in [9.17, 15) is 0 Å². The molecule has 1 aromatic carbocycles. The number of benzene rings is 1. The minimum atomic E-state index is 0.273. The van der Waals surface area contributed by atoms with Crippen molar-refractivity contribution in [1.29, 1.82) is 0 Å². The Labute approximate surface area is 120 Å². The lowest BCUT2D eigenvalue weighted by molar-refractivity contribution is 0.0966. The zero-order chi connectivity index (χ0) is 14.2. The average Bonchev–Trinajstić information content (AvgIpc) is 2.86. The van der Waals surface area contributed by atoms with E-state index in [4.69, 9.17) is 10.2 Å². The van der Waals surface area contributed by atoms with Crippen LogP contribution in [-0.4, -0.2) is 24.5 Å². The number of para-hydroxylation sites is 1. The first-order chi connectivity index (χ1) is 9.61. The normalized spacial score (nSPS) is 21.1. The molecule has 3 heteroatoms. The average molecular weight is 272 g/mol. The molecule has 0 aliphatic carbocycles. The highest BCUT2D eigenvalue weighted by Gasteiger charge is 2.30. The quantitative estimate of drug-likeness (QED) is 0.929. The predicted molar refractivity (Wildman–Crippen MR) is 82.6 cm³/mol. The van der Waals surface area contributed by atoms with Crippen molar-refractivity contribution in [3.05, 3.63) is 36.1 Å². The molecule has 1 aliphatic rings. The highest BCUT2D eigenvalue weighted by atomic mass is 16.3. The van der Waals surface area contributed by atoms with Crippen molar-refractivity contribution in [3.63, 3.8) is 0 Å². The summed E-state index contributed by atoms with van der Waals surface area (Å²) in [6.07, 6.45) is 4.36. The molecule has 2 N–H and O–H groups in total. The number of piperidine rings is 1. The third-order valence-electron chi connectivity index (χ3n) is 4.69. The fourth-order valence-electron chi connectivity index (χ4n) is 3.17. The Balaban J connectivity index is 1.87. The second-order valence-electron chi connectivity index (χ2n) is 6.64. The van der Waals surface area contributed by atoms with Crippen LogP contribution in [0, 0.1) is 5.41 Å². The summed E-state index contributed by atoms with van der Waals surface area (Å²) in [6.45, 7) is 7.59. The third-order valence-corrected chi connectivity index (χ3v) is 4.69. The second-order valence-corrected chi connectivity index (χ2v) is 6.64. The fourth-order valence-corrected chi connectivity index (χ4v) is 3.17. The number of rotatable bonds is 3. The molecule has 1 saturated heterocycles. The summed E-state index contributed by atoms with van der Waals surface area (Å²) in [6, 6.07) is 8.50. The van der Waals surface area contributed by atoms with Crippen LogP contribution in [0.5, 0.6) is 0 Å². The van der Waals surface area contributed by atoms with Gasteiger partial charge in [0.25, 0.3) is 0 Å². The molecular weight excluding hydrogens is 248 g/mol. The number of hydrogen-bond donors (Lipinski definition) is 1. The molecule has 2 heterocycles. The molecule has 108 valence electrons. The van der Waals surface area contributed by atoms with Gasteiger partial charge >= 0.3 is 0 Å². The second kappa shape index (κ2) is 5.23. The fraction of sp³-hybridized carbons (Fsp3) is 0.529. The van der Waals surface area contributed by atoms with Gasteiger partial charge in [-0.1, -0.05) is 32.0 Å². The van der Waals surface area contributed by atoms with Gasteiger partial charge in [-0.25, -0.2) is 0 Å². The zero-order valence-electron chi connectivity index (χ0n) is 12.4. The minimum Gasteiger partial charge on any atom is -0.464 e. The lowest BCUT2D eigenvalue weighted by Crippen LogP contribution is -2.42. The Morgan fingerprint density at radius 2 is 1.95 bits per heavy atom. The molecule has 0 spiro atoms. The summed E-state index contributed by atoms with van der Waals surface area (Å²) in [5.74, 6) is 0. The van der Waals surface area contributed by atoms with Crippen molar-refractivity contribution in [2.45, 2.75) is 32.7 Å². The van der Waals surface area contributed by atoms with Gasteiger partial charge in [-0.3, -0.25) is 4.90 Å². The Bertz CT molecular complexity index is 577. The maximum atomic E-state index is 6.07. The summed E-state index contributed by atoms with van der Waals surface area (Å²) in [7, 11) is 0. The highest BCUT2D eigenvalue weighted by molar-refractivity contribution is 5.81. The summed E-state index contributed by atoms with van der Waals surface area (Å²) in [4.78, 5) is 2.52. The van der Waals surface area contributed by atoms with E-state index in [-0.39, 0.29) is 6.04 Å². The SMILES string of the molecule is CC1(C)CCN(C(CN)c2coc3ccccc23)CC1. The van der Waals surface area contributed by atoms with Crippen molar-refractivity contribution in [2.24, 2.45) is 11.1 Å². The van der Waals surface area contributed by atoms with Gasteiger partial charge in [0, 0.05) is 17.5 Å². The molecule has 1 unspecified atom stereocenters. The van der Waals surface area contributed by atoms with Crippen LogP contribution in [0.4, 0.5) is 0 Å². The molecule has 1 fully saturated rings. The van der Waals surface area contributed by atoms with E-state index in [0.717, 1.165) is 18.7 Å². The molecule has 3 rings (SSSR count). The van der Waals surface area contributed by atoms with Crippen LogP contribution in [0.3, 0.4) is 0 Å². The van der Waals surface area contributed by atoms with Gasteiger partial charge in [-0.15, -0.1) is 0 Å². The van der Waals surface area contributed by atoms with Crippen molar-refractivity contribution in [2.75, 3.05) is 19.6 Å². The van der Waals surface area contributed by atoms with Gasteiger partial charge < -0.3 is 10.2 Å². The van der Waals surface area contributed by atoms with Gasteiger partial charge in [-0.2, -0.15) is 0 Å². The first-order valence-electron chi connectivity index (χ1n) is 7.51. The first kappa shape index (κ1) is 13.7. The van der Waals surface area contributed by atoms with Gasteiger partial charge in [0.1, 0.15) is 5.58 Å². The van der Waals surface area contributed by atoms with Crippen LogP contribution in [0.25, 0.3) is 11.0 Å². The van der Waals surface area contributed by atoms with E-state index in [1.54, 1.807) is 0 Å². The number of nitrogens with zero attached hydrogens (tertiary/aromatic N) is 1. The smallest absolute Gasteiger partial charge is 0.134 e. The van der Waals surface area contributed by atoms with Crippen LogP contribution in [0.15, 0.2) is 34.9 Å². The van der Waals surface area contributed by atoms with E-state index in [1.807, 2.05) is 18.4 Å². The monoisotopic (exact) mass is 272 g/mol. The summed E-state index contributed by atoms with van der Waals surface area (Å²) in [5, 5.41) is 1.20. The molecular formula is C17H24N2O. The van der Waals surface area contributed by atoms with Crippen LogP contribution in [0.1, 0.15) is 38.3 Å². The van der Waals surface area contributed by atoms with Gasteiger partial charge in [0.15, 0.2) is 0 Å². The summed E-state index contributed by atoms with van der Waals surface area (Å²) in [5.41, 5.74) is 8.73. The third kappa shape index (κ3) is 2.48. The van der Waals surface area contributed by atoms with E-state index in [2.05, 4.69) is 30.9 Å². The number of furan rings is 1. The number of fused-ring (bicyclic) bond motifs is 1. The summed E-state index contributed by atoms with van der Waals surface area (Å²) >= 11 is 0. The van der Waals surface area contributed by atoms with Crippen molar-refractivity contribution in [1.82, 2.24) is 4.90 Å². The molecule has 0 bridgehead atoms. The standard InChI is InChI=1S/C17H24N2O/c1-17(2)7-9-19(10-8-17)15(11-18)14-12-20-16-6-4-3-5-13(14)16/h3-6,12,15H,7-11,18H2,1-2H3. The number of nitrogens with two attached hydrogens (primary N) is 1. The molecule has 2 aromatic rings. The minimum absolute atomic E-state index is 0.273. The molecule has 1 aromatic heterocycles. The molecule has 3 nitrogen and oxygen atoms in total. The molecule has 0 radical (unpaired) electrons. The van der Waals surface area contributed by atoms with Gasteiger partial charge in [0.2, 0.25) is 0 Å². The molecule has 0 amide bonds. The van der Waals surface area contributed by atoms with Crippen LogP contribution in [0.2, 0.25) is 0 Å². The lowest BCUT2D eigenvalue weighted by atomic mass is 9.82. The van der Waals surface area contributed by atoms with Crippen molar-refractivity contribution < 1.29 is 4.42 Å². The number of likely N-dealkylation sites (tertiary alicyclic amines) is 1. The lowest BCUT2D eigenvalue weighted by Gasteiger charge is -2.40. The predicted octanol–water partition coefficient (Wildman–Crippen LogP) is 3.55. The zero-order valence-corrected chi connectivity index (χ0v) is 12.4. The van der Waals surface area contributed by atoms with E-state index >= 15 is 0 Å². The van der Waals surface area contributed by atoms with Crippen LogP contribution in [-0.2, 0) is 0 Å². The molecule has 20 heavy (non-hydrogen) atoms. The van der Waals surface area contributed by atoms with E-state index in [0.29, 0.717) is 12.0 Å². The molecule has 0 saturated carbocycles. The highest BCUT2D eigenvalue weighted by Crippen LogP contribution is 2.35. The van der Waals surface area contributed by atoms with E-state index < -0.39 is 0 Å². The van der Waals surface area contributed by atoms with Crippen molar-refractivity contribution in [3.8, 4) is 0 Å². The Hall–Kier alpha value is -1.32. The van der Waals surface area contributed by atoms with Crippen LogP contribution < -0.4 is 5.73 Å². The Morgan fingerprint density at radius 3 is 2.65 bits per heavy atom. The maximum Gasteiger partial charge on any atom is 0.134 e. The van der Waals surface area contributed by atoms with Crippen molar-refractivity contribution >= 4 is 11.0 Å². The van der Waals surface area contributed by atoms with Crippen LogP contribution >= 0.6 is 0 Å². The molecule has 1 atom stereocenters. The Morgan fingerprint density at radius 1 is 1.25 bits per heavy atom. The largest absolute Gasteiger partial charge is 0.464 e.